The number of hydrogen-bond acceptors (Lipinski definition) is 5. The molecular weight excluding hydrogens is 274 g/mol. The number of carbonyl (C=O) groups is 1. The highest BCUT2D eigenvalue weighted by atomic mass is 32.1. The normalized spacial score (nSPS) is 10.9. The molecule has 7 heteroatoms. The highest BCUT2D eigenvalue weighted by molar-refractivity contribution is 7.13. The van der Waals surface area contributed by atoms with E-state index in [1.54, 1.807) is 6.20 Å². The first kappa shape index (κ1) is 12.7. The Morgan fingerprint density at radius 1 is 1.45 bits per heavy atom. The number of amides is 1. The van der Waals surface area contributed by atoms with Crippen molar-refractivity contribution in [1.29, 1.82) is 0 Å². The van der Waals surface area contributed by atoms with Crippen LogP contribution >= 0.6 is 11.3 Å². The highest BCUT2D eigenvalue weighted by Crippen LogP contribution is 2.17. The van der Waals surface area contributed by atoms with E-state index in [-0.39, 0.29) is 5.91 Å². The fourth-order valence-corrected chi connectivity index (χ4v) is 2.86. The minimum absolute atomic E-state index is 0.111. The van der Waals surface area contributed by atoms with Crippen molar-refractivity contribution >= 4 is 28.3 Å². The molecule has 0 bridgehead atoms. The van der Waals surface area contributed by atoms with Gasteiger partial charge in [-0.3, -0.25) is 9.89 Å². The summed E-state index contributed by atoms with van der Waals surface area (Å²) in [6.45, 7) is 4.12. The monoisotopic (exact) mass is 287 g/mol. The van der Waals surface area contributed by atoms with Gasteiger partial charge in [0.25, 0.3) is 5.91 Å². The number of pyridine rings is 1. The van der Waals surface area contributed by atoms with E-state index in [1.807, 2.05) is 26.0 Å². The van der Waals surface area contributed by atoms with Crippen LogP contribution in [0.4, 0.5) is 0 Å². The summed E-state index contributed by atoms with van der Waals surface area (Å²) >= 11 is 1.40. The third-order valence-corrected chi connectivity index (χ3v) is 4.02. The Morgan fingerprint density at radius 3 is 3.05 bits per heavy atom. The van der Waals surface area contributed by atoms with Crippen molar-refractivity contribution in [3.8, 4) is 0 Å². The minimum atomic E-state index is -0.111. The van der Waals surface area contributed by atoms with Gasteiger partial charge in [-0.2, -0.15) is 5.10 Å². The summed E-state index contributed by atoms with van der Waals surface area (Å²) in [4.78, 5) is 21.2. The van der Waals surface area contributed by atoms with Crippen LogP contribution in [-0.2, 0) is 6.54 Å². The fourth-order valence-electron chi connectivity index (χ4n) is 2.03. The van der Waals surface area contributed by atoms with Crippen molar-refractivity contribution in [3.05, 3.63) is 39.6 Å². The predicted molar refractivity (Wildman–Crippen MR) is 76.6 cm³/mol. The summed E-state index contributed by atoms with van der Waals surface area (Å²) in [5.41, 5.74) is 2.27. The molecule has 0 atom stereocenters. The molecule has 6 nitrogen and oxygen atoms in total. The van der Waals surface area contributed by atoms with Crippen molar-refractivity contribution in [2.75, 3.05) is 0 Å². The minimum Gasteiger partial charge on any atom is -0.346 e. The van der Waals surface area contributed by atoms with Crippen LogP contribution in [0.2, 0.25) is 0 Å². The topological polar surface area (TPSA) is 83.6 Å². The Labute approximate surface area is 119 Å². The lowest BCUT2D eigenvalue weighted by atomic mass is 10.2. The number of aromatic amines is 1. The van der Waals surface area contributed by atoms with Crippen LogP contribution in [-0.4, -0.2) is 26.1 Å². The summed E-state index contributed by atoms with van der Waals surface area (Å²) < 4.78 is 0. The summed E-state index contributed by atoms with van der Waals surface area (Å²) in [7, 11) is 0. The van der Waals surface area contributed by atoms with Gasteiger partial charge in [-0.1, -0.05) is 0 Å². The van der Waals surface area contributed by atoms with Crippen molar-refractivity contribution in [3.63, 3.8) is 0 Å². The van der Waals surface area contributed by atoms with E-state index >= 15 is 0 Å². The maximum Gasteiger partial charge on any atom is 0.263 e. The number of nitrogens with zero attached hydrogens (tertiary/aromatic N) is 3. The van der Waals surface area contributed by atoms with Gasteiger partial charge in [-0.15, -0.1) is 11.3 Å². The third-order valence-electron chi connectivity index (χ3n) is 2.94. The molecule has 20 heavy (non-hydrogen) atoms. The fraction of sp³-hybridized carbons (Fsp3) is 0.231. The lowest BCUT2D eigenvalue weighted by molar-refractivity contribution is 0.0954. The Balaban J connectivity index is 1.76. The zero-order valence-corrected chi connectivity index (χ0v) is 11.9. The molecule has 0 spiro atoms. The average Bonchev–Trinajstić information content (AvgIpc) is 2.99. The summed E-state index contributed by atoms with van der Waals surface area (Å²) in [6, 6.07) is 3.77. The van der Waals surface area contributed by atoms with Gasteiger partial charge in [0.2, 0.25) is 0 Å². The number of carbonyl (C=O) groups excluding carboxylic acids is 1. The van der Waals surface area contributed by atoms with E-state index in [9.17, 15) is 4.79 Å². The van der Waals surface area contributed by atoms with Crippen molar-refractivity contribution in [2.24, 2.45) is 0 Å². The molecule has 0 aliphatic rings. The van der Waals surface area contributed by atoms with E-state index in [4.69, 9.17) is 0 Å². The largest absolute Gasteiger partial charge is 0.346 e. The summed E-state index contributed by atoms with van der Waals surface area (Å²) in [5, 5.41) is 11.7. The van der Waals surface area contributed by atoms with Crippen LogP contribution in [0.3, 0.4) is 0 Å². The summed E-state index contributed by atoms with van der Waals surface area (Å²) in [5.74, 6) is -0.111. The molecule has 0 radical (unpaired) electrons. The maximum atomic E-state index is 12.1. The molecule has 3 rings (SSSR count). The molecule has 0 unspecified atom stereocenters. The zero-order valence-electron chi connectivity index (χ0n) is 11.1. The van der Waals surface area contributed by atoms with Gasteiger partial charge in [-0.05, 0) is 26.0 Å². The van der Waals surface area contributed by atoms with Gasteiger partial charge >= 0.3 is 0 Å². The molecule has 3 aromatic rings. The van der Waals surface area contributed by atoms with Crippen LogP contribution in [0, 0.1) is 13.8 Å². The first-order chi connectivity index (χ1) is 9.65. The van der Waals surface area contributed by atoms with E-state index in [0.717, 1.165) is 21.8 Å². The predicted octanol–water partition coefficient (Wildman–Crippen LogP) is 1.96. The second-order valence-corrected chi connectivity index (χ2v) is 5.61. The number of thiazole rings is 1. The molecule has 3 heterocycles. The molecule has 1 amide bonds. The van der Waals surface area contributed by atoms with E-state index in [1.165, 1.54) is 11.3 Å². The standard InChI is InChI=1S/C13H13N5OS/c1-7-11(20-8(2)16-7)13(19)15-6-10-9-4-3-5-14-12(9)18-17-10/h3-5H,6H2,1-2H3,(H,15,19)(H,14,17,18). The van der Waals surface area contributed by atoms with Gasteiger partial charge in [0, 0.05) is 11.6 Å². The number of fused-ring (bicyclic) bond motifs is 1. The first-order valence-corrected chi connectivity index (χ1v) is 6.97. The van der Waals surface area contributed by atoms with Crippen molar-refractivity contribution < 1.29 is 4.79 Å². The second kappa shape index (κ2) is 5.01. The second-order valence-electron chi connectivity index (χ2n) is 4.41. The number of H-pyrrole nitrogens is 1. The van der Waals surface area contributed by atoms with Crippen molar-refractivity contribution in [1.82, 2.24) is 25.5 Å². The molecular formula is C13H13N5OS. The Morgan fingerprint density at radius 2 is 2.30 bits per heavy atom. The van der Waals surface area contributed by atoms with Crippen LogP contribution in [0.1, 0.15) is 26.1 Å². The van der Waals surface area contributed by atoms with Crippen LogP contribution in [0.25, 0.3) is 11.0 Å². The summed E-state index contributed by atoms with van der Waals surface area (Å²) in [6.07, 6.45) is 1.69. The SMILES string of the molecule is Cc1nc(C)c(C(=O)NCc2[nH]nc3ncccc23)s1. The van der Waals surface area contributed by atoms with E-state index in [0.29, 0.717) is 17.1 Å². The number of rotatable bonds is 3. The smallest absolute Gasteiger partial charge is 0.263 e. The molecule has 0 saturated heterocycles. The molecule has 2 N–H and O–H groups in total. The highest BCUT2D eigenvalue weighted by Gasteiger charge is 2.14. The molecule has 0 saturated carbocycles. The Hall–Kier alpha value is -2.28. The number of hydrogen-bond donors (Lipinski definition) is 2. The van der Waals surface area contributed by atoms with Gasteiger partial charge in [-0.25, -0.2) is 9.97 Å². The average molecular weight is 287 g/mol. The van der Waals surface area contributed by atoms with Crippen LogP contribution < -0.4 is 5.32 Å². The maximum absolute atomic E-state index is 12.1. The molecule has 3 aromatic heterocycles. The Kier molecular flexibility index (Phi) is 3.19. The van der Waals surface area contributed by atoms with Gasteiger partial charge in [0.1, 0.15) is 4.88 Å². The molecule has 0 fully saturated rings. The van der Waals surface area contributed by atoms with Crippen molar-refractivity contribution in [2.45, 2.75) is 20.4 Å². The zero-order chi connectivity index (χ0) is 14.1. The number of aryl methyl sites for hydroxylation is 2. The van der Waals surface area contributed by atoms with Crippen LogP contribution in [0.15, 0.2) is 18.3 Å². The number of aromatic nitrogens is 4. The Bertz CT molecular complexity index is 776. The molecule has 102 valence electrons. The van der Waals surface area contributed by atoms with Crippen LogP contribution in [0.5, 0.6) is 0 Å². The lowest BCUT2D eigenvalue weighted by Crippen LogP contribution is -2.22. The third kappa shape index (κ3) is 2.27. The van der Waals surface area contributed by atoms with E-state index in [2.05, 4.69) is 25.5 Å². The first-order valence-electron chi connectivity index (χ1n) is 6.15. The molecule has 0 aromatic carbocycles. The molecule has 0 aliphatic heterocycles. The van der Waals surface area contributed by atoms with Gasteiger partial charge in [0.05, 0.1) is 22.9 Å². The molecule has 0 aliphatic carbocycles. The number of nitrogens with one attached hydrogen (secondary N) is 2. The van der Waals surface area contributed by atoms with Gasteiger partial charge < -0.3 is 5.32 Å². The van der Waals surface area contributed by atoms with E-state index < -0.39 is 0 Å². The lowest BCUT2D eigenvalue weighted by Gasteiger charge is -2.02. The van der Waals surface area contributed by atoms with Gasteiger partial charge in [0.15, 0.2) is 5.65 Å². The quantitative estimate of drug-likeness (QED) is 0.771.